The minimum Gasteiger partial charge on any atom is -0.329 e. The third-order valence-corrected chi connectivity index (χ3v) is 4.72. The van der Waals surface area contributed by atoms with Crippen molar-refractivity contribution in [3.8, 4) is 0 Å². The summed E-state index contributed by atoms with van der Waals surface area (Å²) in [5, 5.41) is 3.44. The maximum absolute atomic E-state index is 5.85. The van der Waals surface area contributed by atoms with E-state index >= 15 is 0 Å². The molecule has 82 valence electrons. The average Bonchev–Trinajstić information content (AvgIpc) is 2.17. The monoisotopic (exact) mass is 196 g/mol. The molecule has 14 heavy (non-hydrogen) atoms. The first-order chi connectivity index (χ1) is 6.79. The van der Waals surface area contributed by atoms with Crippen LogP contribution in [0.1, 0.15) is 44.9 Å². The molecule has 0 aromatic rings. The van der Waals surface area contributed by atoms with Crippen LogP contribution in [0.3, 0.4) is 0 Å². The summed E-state index contributed by atoms with van der Waals surface area (Å²) in [4.78, 5) is 0. The van der Waals surface area contributed by atoms with Crippen LogP contribution in [0.4, 0.5) is 0 Å². The smallest absolute Gasteiger partial charge is 0.0301 e. The van der Waals surface area contributed by atoms with Crippen LogP contribution in [0.5, 0.6) is 0 Å². The summed E-state index contributed by atoms with van der Waals surface area (Å²) in [5.41, 5.74) is 6.13. The Hall–Kier alpha value is -0.0800. The first kappa shape index (κ1) is 10.4. The van der Waals surface area contributed by atoms with Gasteiger partial charge in [0.2, 0.25) is 0 Å². The highest BCUT2D eigenvalue weighted by Gasteiger charge is 2.36. The lowest BCUT2D eigenvalue weighted by Gasteiger charge is -2.44. The Bertz CT molecular complexity index is 173. The molecule has 2 rings (SSSR count). The molecule has 2 nitrogen and oxygen atoms in total. The SMILES string of the molecule is CNC1(CN)CCC(C2CCC2)CC1. The molecule has 2 fully saturated rings. The van der Waals surface area contributed by atoms with Gasteiger partial charge in [0.15, 0.2) is 0 Å². The second-order valence-electron chi connectivity index (χ2n) is 5.26. The molecule has 0 amide bonds. The molecule has 0 saturated heterocycles. The fourth-order valence-corrected chi connectivity index (χ4v) is 3.13. The van der Waals surface area contributed by atoms with Crippen LogP contribution >= 0.6 is 0 Å². The molecule has 0 aromatic carbocycles. The van der Waals surface area contributed by atoms with E-state index in [1.165, 1.54) is 44.9 Å². The molecule has 2 aliphatic rings. The highest BCUT2D eigenvalue weighted by molar-refractivity contribution is 4.94. The molecular formula is C12H24N2. The molecule has 2 saturated carbocycles. The zero-order chi connectivity index (χ0) is 10.0. The Labute approximate surface area is 87.6 Å². The zero-order valence-corrected chi connectivity index (χ0v) is 9.39. The van der Waals surface area contributed by atoms with Crippen molar-refractivity contribution in [1.29, 1.82) is 0 Å². The number of likely N-dealkylation sites (N-methyl/N-ethyl adjacent to an activating group) is 1. The maximum Gasteiger partial charge on any atom is 0.0301 e. The van der Waals surface area contributed by atoms with Crippen LogP contribution in [0.15, 0.2) is 0 Å². The normalized spacial score (nSPS) is 39.4. The molecule has 0 heterocycles. The lowest BCUT2D eigenvalue weighted by Crippen LogP contribution is -2.52. The van der Waals surface area contributed by atoms with Gasteiger partial charge in [0.25, 0.3) is 0 Å². The Balaban J connectivity index is 1.84. The van der Waals surface area contributed by atoms with Crippen LogP contribution in [0, 0.1) is 11.8 Å². The fourth-order valence-electron chi connectivity index (χ4n) is 3.13. The van der Waals surface area contributed by atoms with Crippen molar-refractivity contribution in [3.63, 3.8) is 0 Å². The predicted octanol–water partition coefficient (Wildman–Crippen LogP) is 1.89. The largest absolute Gasteiger partial charge is 0.329 e. The van der Waals surface area contributed by atoms with E-state index < -0.39 is 0 Å². The highest BCUT2D eigenvalue weighted by atomic mass is 15.0. The molecular weight excluding hydrogens is 172 g/mol. The average molecular weight is 196 g/mol. The molecule has 0 radical (unpaired) electrons. The Morgan fingerprint density at radius 3 is 2.07 bits per heavy atom. The molecule has 0 bridgehead atoms. The van der Waals surface area contributed by atoms with Crippen LogP contribution in [-0.2, 0) is 0 Å². The van der Waals surface area contributed by atoms with Gasteiger partial charge < -0.3 is 11.1 Å². The van der Waals surface area contributed by atoms with E-state index in [1.54, 1.807) is 0 Å². The van der Waals surface area contributed by atoms with Gasteiger partial charge in [-0.2, -0.15) is 0 Å². The molecule has 2 heteroatoms. The molecule has 0 unspecified atom stereocenters. The van der Waals surface area contributed by atoms with Gasteiger partial charge in [-0.05, 0) is 44.6 Å². The summed E-state index contributed by atoms with van der Waals surface area (Å²) in [6.07, 6.45) is 9.88. The maximum atomic E-state index is 5.85. The van der Waals surface area contributed by atoms with Crippen LogP contribution in [-0.4, -0.2) is 19.1 Å². The molecule has 0 spiro atoms. The van der Waals surface area contributed by atoms with E-state index in [4.69, 9.17) is 5.73 Å². The summed E-state index contributed by atoms with van der Waals surface area (Å²) in [6, 6.07) is 0. The Kier molecular flexibility index (Phi) is 3.13. The topological polar surface area (TPSA) is 38.0 Å². The number of hydrogen-bond acceptors (Lipinski definition) is 2. The van der Waals surface area contributed by atoms with Crippen LogP contribution < -0.4 is 11.1 Å². The second-order valence-corrected chi connectivity index (χ2v) is 5.26. The first-order valence-corrected chi connectivity index (χ1v) is 6.19. The van der Waals surface area contributed by atoms with E-state index in [-0.39, 0.29) is 5.54 Å². The first-order valence-electron chi connectivity index (χ1n) is 6.19. The Morgan fingerprint density at radius 1 is 1.14 bits per heavy atom. The van der Waals surface area contributed by atoms with Crippen molar-refractivity contribution in [3.05, 3.63) is 0 Å². The molecule has 0 atom stereocenters. The summed E-state index contributed by atoms with van der Waals surface area (Å²) in [6.45, 7) is 0.806. The third-order valence-electron chi connectivity index (χ3n) is 4.72. The van der Waals surface area contributed by atoms with E-state index in [9.17, 15) is 0 Å². The van der Waals surface area contributed by atoms with Gasteiger partial charge in [0.05, 0.1) is 0 Å². The van der Waals surface area contributed by atoms with Crippen molar-refractivity contribution >= 4 is 0 Å². The molecule has 2 aliphatic carbocycles. The van der Waals surface area contributed by atoms with Gasteiger partial charge in [-0.3, -0.25) is 0 Å². The predicted molar refractivity (Wildman–Crippen MR) is 60.1 cm³/mol. The quantitative estimate of drug-likeness (QED) is 0.723. The van der Waals surface area contributed by atoms with E-state index in [0.29, 0.717) is 0 Å². The summed E-state index contributed by atoms with van der Waals surface area (Å²) >= 11 is 0. The van der Waals surface area contributed by atoms with Gasteiger partial charge in [-0.25, -0.2) is 0 Å². The number of rotatable bonds is 3. The number of nitrogens with two attached hydrogens (primary N) is 1. The second kappa shape index (κ2) is 4.19. The molecule has 0 aromatic heterocycles. The van der Waals surface area contributed by atoms with Crippen molar-refractivity contribution < 1.29 is 0 Å². The van der Waals surface area contributed by atoms with Gasteiger partial charge in [-0.15, -0.1) is 0 Å². The van der Waals surface area contributed by atoms with Gasteiger partial charge in [-0.1, -0.05) is 19.3 Å². The van der Waals surface area contributed by atoms with Gasteiger partial charge >= 0.3 is 0 Å². The van der Waals surface area contributed by atoms with Crippen molar-refractivity contribution in [2.24, 2.45) is 17.6 Å². The molecule has 0 aliphatic heterocycles. The van der Waals surface area contributed by atoms with E-state index in [0.717, 1.165) is 18.4 Å². The molecule has 3 N–H and O–H groups in total. The Morgan fingerprint density at radius 2 is 1.71 bits per heavy atom. The minimum atomic E-state index is 0.278. The third kappa shape index (κ3) is 1.82. The summed E-state index contributed by atoms with van der Waals surface area (Å²) in [5.74, 6) is 2.10. The zero-order valence-electron chi connectivity index (χ0n) is 9.39. The fraction of sp³-hybridized carbons (Fsp3) is 1.00. The van der Waals surface area contributed by atoms with E-state index in [2.05, 4.69) is 12.4 Å². The van der Waals surface area contributed by atoms with Crippen molar-refractivity contribution in [2.45, 2.75) is 50.5 Å². The minimum absolute atomic E-state index is 0.278. The van der Waals surface area contributed by atoms with Crippen molar-refractivity contribution in [2.75, 3.05) is 13.6 Å². The van der Waals surface area contributed by atoms with Gasteiger partial charge in [0.1, 0.15) is 0 Å². The van der Waals surface area contributed by atoms with Gasteiger partial charge in [0, 0.05) is 12.1 Å². The van der Waals surface area contributed by atoms with Crippen LogP contribution in [0.25, 0.3) is 0 Å². The number of nitrogens with one attached hydrogen (secondary N) is 1. The summed E-state index contributed by atoms with van der Waals surface area (Å²) in [7, 11) is 2.07. The van der Waals surface area contributed by atoms with Crippen LogP contribution in [0.2, 0.25) is 0 Å². The lowest BCUT2D eigenvalue weighted by molar-refractivity contribution is 0.116. The van der Waals surface area contributed by atoms with Crippen molar-refractivity contribution in [1.82, 2.24) is 5.32 Å². The lowest BCUT2D eigenvalue weighted by atomic mass is 9.66. The standard InChI is InChI=1S/C12H24N2/c1-14-12(9-13)7-5-11(6-8-12)10-3-2-4-10/h10-11,14H,2-9,13H2,1H3. The summed E-state index contributed by atoms with van der Waals surface area (Å²) < 4.78 is 0. The number of hydrogen-bond donors (Lipinski definition) is 2. The highest BCUT2D eigenvalue weighted by Crippen LogP contribution is 2.43. The van der Waals surface area contributed by atoms with E-state index in [1.807, 2.05) is 0 Å².